The van der Waals surface area contributed by atoms with Gasteiger partial charge in [0, 0.05) is 12.0 Å². The molecule has 0 aromatic heterocycles. The molecule has 0 aromatic rings. The third-order valence-electron chi connectivity index (χ3n) is 2.81. The van der Waals surface area contributed by atoms with Gasteiger partial charge >= 0.3 is 5.97 Å². The summed E-state index contributed by atoms with van der Waals surface area (Å²) in [5.41, 5.74) is 3.68. The van der Waals surface area contributed by atoms with E-state index in [0.29, 0.717) is 6.42 Å². The van der Waals surface area contributed by atoms with E-state index < -0.39 is 11.6 Å². The number of hydrogen-bond acceptors (Lipinski definition) is 4. The molecule has 6 heteroatoms. The van der Waals surface area contributed by atoms with Gasteiger partial charge in [-0.25, -0.2) is 4.79 Å². The molecule has 0 aliphatic carbocycles. The molecule has 5 N–H and O–H groups in total. The Morgan fingerprint density at radius 1 is 1.33 bits per heavy atom. The van der Waals surface area contributed by atoms with Crippen LogP contribution >= 0.6 is 0 Å². The van der Waals surface area contributed by atoms with E-state index in [1.54, 1.807) is 6.92 Å². The predicted molar refractivity (Wildman–Crippen MR) is 67.9 cm³/mol. The van der Waals surface area contributed by atoms with Gasteiger partial charge in [-0.15, -0.1) is 0 Å². The minimum Gasteiger partial charge on any atom is -0.479 e. The lowest BCUT2D eigenvalue weighted by Gasteiger charge is -2.20. The number of carbonyl (C=O) groups is 2. The van der Waals surface area contributed by atoms with Crippen LogP contribution in [0.15, 0.2) is 0 Å². The molecule has 0 rings (SSSR count). The Morgan fingerprint density at radius 2 is 1.89 bits per heavy atom. The Balaban J connectivity index is 3.98. The fraction of sp³-hybridized carbons (Fsp3) is 0.833. The van der Waals surface area contributed by atoms with Gasteiger partial charge in [-0.2, -0.15) is 0 Å². The van der Waals surface area contributed by atoms with Gasteiger partial charge in [0.15, 0.2) is 5.60 Å². The standard InChI is InChI=1S/C12H24N2O4/c1-8(5-4-6-9(2)13)10(15)14-7-12(3,18)11(16)17/h8-9,18H,4-7,13H2,1-3H3,(H,14,15)(H,16,17). The molecule has 1 amide bonds. The van der Waals surface area contributed by atoms with Crippen molar-refractivity contribution >= 4 is 11.9 Å². The van der Waals surface area contributed by atoms with Gasteiger partial charge in [0.1, 0.15) is 0 Å². The molecule has 6 nitrogen and oxygen atoms in total. The molecule has 0 aliphatic rings. The van der Waals surface area contributed by atoms with Crippen molar-refractivity contribution < 1.29 is 19.8 Å². The first-order chi connectivity index (χ1) is 8.16. The fourth-order valence-electron chi connectivity index (χ4n) is 1.39. The molecule has 3 unspecified atom stereocenters. The van der Waals surface area contributed by atoms with E-state index in [0.717, 1.165) is 19.8 Å². The molecule has 3 atom stereocenters. The Bertz CT molecular complexity index is 290. The summed E-state index contributed by atoms with van der Waals surface area (Å²) in [6, 6.07) is 0.119. The SMILES string of the molecule is CC(N)CCCC(C)C(=O)NCC(C)(O)C(=O)O. The molecule has 0 heterocycles. The molecule has 0 saturated heterocycles. The van der Waals surface area contributed by atoms with Crippen molar-refractivity contribution in [3.63, 3.8) is 0 Å². The molecule has 106 valence electrons. The maximum atomic E-state index is 11.6. The molecule has 0 spiro atoms. The normalized spacial score (nSPS) is 17.6. The van der Waals surface area contributed by atoms with Crippen LogP contribution < -0.4 is 11.1 Å². The second-order valence-corrected chi connectivity index (χ2v) is 5.11. The van der Waals surface area contributed by atoms with Gasteiger partial charge < -0.3 is 21.3 Å². The summed E-state index contributed by atoms with van der Waals surface area (Å²) in [4.78, 5) is 22.3. The third kappa shape index (κ3) is 6.56. The number of amides is 1. The third-order valence-corrected chi connectivity index (χ3v) is 2.81. The first kappa shape index (κ1) is 16.9. The van der Waals surface area contributed by atoms with Crippen molar-refractivity contribution in [1.29, 1.82) is 0 Å². The number of aliphatic hydroxyl groups is 1. The van der Waals surface area contributed by atoms with Gasteiger partial charge in [-0.3, -0.25) is 4.79 Å². The van der Waals surface area contributed by atoms with Crippen LogP contribution in [-0.2, 0) is 9.59 Å². The lowest BCUT2D eigenvalue weighted by Crippen LogP contribution is -2.47. The topological polar surface area (TPSA) is 113 Å². The highest BCUT2D eigenvalue weighted by Crippen LogP contribution is 2.10. The summed E-state index contributed by atoms with van der Waals surface area (Å²) in [7, 11) is 0. The highest BCUT2D eigenvalue weighted by molar-refractivity contribution is 5.81. The van der Waals surface area contributed by atoms with Crippen LogP contribution in [0.4, 0.5) is 0 Å². The summed E-state index contributed by atoms with van der Waals surface area (Å²) < 4.78 is 0. The Morgan fingerprint density at radius 3 is 2.33 bits per heavy atom. The van der Waals surface area contributed by atoms with Gasteiger partial charge in [-0.05, 0) is 26.7 Å². The number of nitrogens with two attached hydrogens (primary N) is 1. The first-order valence-electron chi connectivity index (χ1n) is 6.16. The molecular formula is C12H24N2O4. The van der Waals surface area contributed by atoms with Crippen LogP contribution in [0.2, 0.25) is 0 Å². The molecule has 0 aliphatic heterocycles. The van der Waals surface area contributed by atoms with Crippen molar-refractivity contribution in [2.24, 2.45) is 11.7 Å². The molecule has 18 heavy (non-hydrogen) atoms. The van der Waals surface area contributed by atoms with Crippen molar-refractivity contribution in [3.8, 4) is 0 Å². The minimum absolute atomic E-state index is 0.119. The van der Waals surface area contributed by atoms with Gasteiger partial charge in [0.2, 0.25) is 5.91 Å². The van der Waals surface area contributed by atoms with E-state index in [9.17, 15) is 14.7 Å². The van der Waals surface area contributed by atoms with Gasteiger partial charge in [0.05, 0.1) is 6.54 Å². The molecule has 0 aromatic carbocycles. The second kappa shape index (κ2) is 7.33. The zero-order chi connectivity index (χ0) is 14.3. The van der Waals surface area contributed by atoms with Crippen molar-refractivity contribution in [3.05, 3.63) is 0 Å². The zero-order valence-corrected chi connectivity index (χ0v) is 11.3. The van der Waals surface area contributed by atoms with E-state index in [4.69, 9.17) is 10.8 Å². The molecule has 0 bridgehead atoms. The van der Waals surface area contributed by atoms with Crippen molar-refractivity contribution in [1.82, 2.24) is 5.32 Å². The molecule has 0 fully saturated rings. The quantitative estimate of drug-likeness (QED) is 0.494. The predicted octanol–water partition coefficient (Wildman–Crippen LogP) is 0.0918. The highest BCUT2D eigenvalue weighted by Gasteiger charge is 2.30. The highest BCUT2D eigenvalue weighted by atomic mass is 16.4. The summed E-state index contributed by atoms with van der Waals surface area (Å²) in [5, 5.41) is 20.6. The maximum Gasteiger partial charge on any atom is 0.337 e. The lowest BCUT2D eigenvalue weighted by atomic mass is 10.0. The minimum atomic E-state index is -1.93. The summed E-state index contributed by atoms with van der Waals surface area (Å²) in [6.45, 7) is 4.54. The van der Waals surface area contributed by atoms with E-state index in [1.807, 2.05) is 6.92 Å². The number of rotatable bonds is 8. The fourth-order valence-corrected chi connectivity index (χ4v) is 1.39. The van der Waals surface area contributed by atoms with Gasteiger partial charge in [-0.1, -0.05) is 13.3 Å². The number of carboxylic acids is 1. The average molecular weight is 260 g/mol. The summed E-state index contributed by atoms with van der Waals surface area (Å²) in [5.74, 6) is -1.82. The first-order valence-corrected chi connectivity index (χ1v) is 6.16. The maximum absolute atomic E-state index is 11.6. The van der Waals surface area contributed by atoms with Crippen LogP contribution in [0.5, 0.6) is 0 Å². The zero-order valence-electron chi connectivity index (χ0n) is 11.3. The molecule has 0 saturated carbocycles. The number of carboxylic acid groups (broad SMARTS) is 1. The van der Waals surface area contributed by atoms with E-state index in [1.165, 1.54) is 0 Å². The van der Waals surface area contributed by atoms with E-state index in [-0.39, 0.29) is 24.4 Å². The number of carbonyl (C=O) groups excluding carboxylic acids is 1. The number of aliphatic carboxylic acids is 1. The van der Waals surface area contributed by atoms with Crippen molar-refractivity contribution in [2.75, 3.05) is 6.54 Å². The lowest BCUT2D eigenvalue weighted by molar-refractivity contribution is -0.156. The molecule has 0 radical (unpaired) electrons. The molecular weight excluding hydrogens is 236 g/mol. The average Bonchev–Trinajstić information content (AvgIpc) is 2.25. The van der Waals surface area contributed by atoms with Crippen LogP contribution in [0, 0.1) is 5.92 Å². The Labute approximate surface area is 108 Å². The van der Waals surface area contributed by atoms with Gasteiger partial charge in [0.25, 0.3) is 0 Å². The van der Waals surface area contributed by atoms with Crippen molar-refractivity contribution in [2.45, 2.75) is 51.7 Å². The Kier molecular flexibility index (Phi) is 6.86. The summed E-state index contributed by atoms with van der Waals surface area (Å²) in [6.07, 6.45) is 2.40. The second-order valence-electron chi connectivity index (χ2n) is 5.11. The van der Waals surface area contributed by atoms with Crippen LogP contribution in [0.25, 0.3) is 0 Å². The largest absolute Gasteiger partial charge is 0.479 e. The monoisotopic (exact) mass is 260 g/mol. The van der Waals surface area contributed by atoms with Crippen LogP contribution in [-0.4, -0.2) is 40.3 Å². The summed E-state index contributed by atoms with van der Waals surface area (Å²) >= 11 is 0. The number of nitrogens with one attached hydrogen (secondary N) is 1. The Hall–Kier alpha value is -1.14. The number of hydrogen-bond donors (Lipinski definition) is 4. The van der Waals surface area contributed by atoms with Crippen LogP contribution in [0.1, 0.15) is 40.0 Å². The van der Waals surface area contributed by atoms with E-state index >= 15 is 0 Å². The van der Waals surface area contributed by atoms with E-state index in [2.05, 4.69) is 5.32 Å². The smallest absolute Gasteiger partial charge is 0.337 e. The van der Waals surface area contributed by atoms with Crippen LogP contribution in [0.3, 0.4) is 0 Å².